The van der Waals surface area contributed by atoms with E-state index in [9.17, 15) is 8.42 Å². The van der Waals surface area contributed by atoms with Crippen molar-refractivity contribution in [3.63, 3.8) is 0 Å². The molecule has 2 atom stereocenters. The fourth-order valence-corrected chi connectivity index (χ4v) is 3.62. The molecular weight excluding hydrogens is 264 g/mol. The van der Waals surface area contributed by atoms with Gasteiger partial charge in [0.2, 0.25) is 0 Å². The minimum Gasteiger partial charge on any atom is -0.332 e. The maximum Gasteiger partial charge on any atom is 0.257 e. The minimum atomic E-state index is -3.49. The monoisotopic (exact) mass is 286 g/mol. The lowest BCUT2D eigenvalue weighted by Crippen LogP contribution is -2.44. The van der Waals surface area contributed by atoms with Crippen molar-refractivity contribution in [2.45, 2.75) is 44.2 Å². The molecule has 0 aromatic carbocycles. The van der Waals surface area contributed by atoms with Crippen LogP contribution in [0.3, 0.4) is 0 Å². The largest absolute Gasteiger partial charge is 0.332 e. The molecule has 2 unspecified atom stereocenters. The Bertz CT molecular complexity index is 506. The predicted octanol–water partition coefficient (Wildman–Crippen LogP) is 0.639. The van der Waals surface area contributed by atoms with Crippen molar-refractivity contribution in [1.82, 2.24) is 20.0 Å². The molecule has 1 saturated heterocycles. The fraction of sp³-hybridized carbons (Fsp3) is 0.750. The molecule has 19 heavy (non-hydrogen) atoms. The molecule has 0 bridgehead atoms. The second-order valence-corrected chi connectivity index (χ2v) is 6.75. The first-order valence-electron chi connectivity index (χ1n) is 6.80. The second-order valence-electron chi connectivity index (χ2n) is 5.06. The third kappa shape index (κ3) is 3.55. The summed E-state index contributed by atoms with van der Waals surface area (Å²) in [5.41, 5.74) is 0. The summed E-state index contributed by atoms with van der Waals surface area (Å²) in [5, 5.41) is 3.45. The molecule has 1 aliphatic rings. The highest BCUT2D eigenvalue weighted by Crippen LogP contribution is 2.16. The molecule has 1 aromatic heterocycles. The molecule has 108 valence electrons. The zero-order valence-corrected chi connectivity index (χ0v) is 12.3. The van der Waals surface area contributed by atoms with Gasteiger partial charge >= 0.3 is 0 Å². The molecule has 0 amide bonds. The molecule has 7 heteroatoms. The molecular formula is C12H22N4O2S. The molecule has 3 N–H and O–H groups in total. The van der Waals surface area contributed by atoms with E-state index in [1.807, 2.05) is 13.8 Å². The van der Waals surface area contributed by atoms with Crippen LogP contribution in [0.25, 0.3) is 0 Å². The van der Waals surface area contributed by atoms with Gasteiger partial charge in [0.05, 0.1) is 6.20 Å². The van der Waals surface area contributed by atoms with E-state index in [1.54, 1.807) is 0 Å². The van der Waals surface area contributed by atoms with E-state index in [0.29, 0.717) is 18.2 Å². The molecule has 0 saturated carbocycles. The average molecular weight is 286 g/mol. The fourth-order valence-electron chi connectivity index (χ4n) is 2.37. The maximum absolute atomic E-state index is 12.2. The number of piperidine rings is 1. The van der Waals surface area contributed by atoms with Crippen molar-refractivity contribution in [1.29, 1.82) is 0 Å². The number of nitrogens with one attached hydrogen (secondary N) is 3. The van der Waals surface area contributed by atoms with Gasteiger partial charge in [-0.25, -0.2) is 18.1 Å². The molecule has 1 aromatic rings. The number of aryl methyl sites for hydroxylation is 1. The van der Waals surface area contributed by atoms with E-state index in [2.05, 4.69) is 20.0 Å². The lowest BCUT2D eigenvalue weighted by Gasteiger charge is -2.28. The summed E-state index contributed by atoms with van der Waals surface area (Å²) in [4.78, 5) is 6.87. The Hall–Kier alpha value is -0.920. The summed E-state index contributed by atoms with van der Waals surface area (Å²) in [7, 11) is -3.49. The Labute approximate surface area is 114 Å². The van der Waals surface area contributed by atoms with Crippen molar-refractivity contribution < 1.29 is 8.42 Å². The van der Waals surface area contributed by atoms with Gasteiger partial charge in [-0.3, -0.25) is 0 Å². The number of H-pyrrole nitrogens is 1. The van der Waals surface area contributed by atoms with Crippen LogP contribution in [0.4, 0.5) is 0 Å². The standard InChI is InChI=1S/C12H22N4O2S/c1-3-11-14-8-12(15-11)19(17,18)16-9(2)10-5-4-6-13-7-10/h8-10,13,16H,3-7H2,1-2H3,(H,14,15). The Morgan fingerprint density at radius 3 is 2.95 bits per heavy atom. The predicted molar refractivity (Wildman–Crippen MR) is 73.3 cm³/mol. The summed E-state index contributed by atoms with van der Waals surface area (Å²) in [5.74, 6) is 1.03. The van der Waals surface area contributed by atoms with E-state index in [1.165, 1.54) is 6.20 Å². The SMILES string of the molecule is CCc1ncc(S(=O)(=O)NC(C)C2CCCNC2)[nH]1. The molecule has 1 aliphatic heterocycles. The van der Waals surface area contributed by atoms with E-state index in [4.69, 9.17) is 0 Å². The first kappa shape index (κ1) is 14.5. The van der Waals surface area contributed by atoms with Gasteiger partial charge in [-0.15, -0.1) is 0 Å². The van der Waals surface area contributed by atoms with Crippen molar-refractivity contribution in [2.75, 3.05) is 13.1 Å². The van der Waals surface area contributed by atoms with Gasteiger partial charge in [-0.05, 0) is 38.8 Å². The molecule has 2 heterocycles. The van der Waals surface area contributed by atoms with Gasteiger partial charge in [0.15, 0.2) is 5.03 Å². The zero-order chi connectivity index (χ0) is 13.9. The van der Waals surface area contributed by atoms with Gasteiger partial charge in [-0.1, -0.05) is 6.92 Å². The highest BCUT2D eigenvalue weighted by molar-refractivity contribution is 7.89. The average Bonchev–Trinajstić information content (AvgIpc) is 2.89. The van der Waals surface area contributed by atoms with Gasteiger partial charge in [0.25, 0.3) is 10.0 Å². The number of aromatic nitrogens is 2. The summed E-state index contributed by atoms with van der Waals surface area (Å²) in [6, 6.07) is -0.0776. The minimum absolute atomic E-state index is 0.0776. The number of nitrogens with zero attached hydrogens (tertiary/aromatic N) is 1. The number of sulfonamides is 1. The van der Waals surface area contributed by atoms with E-state index in [0.717, 1.165) is 25.9 Å². The van der Waals surface area contributed by atoms with Crippen LogP contribution in [-0.2, 0) is 16.4 Å². The van der Waals surface area contributed by atoms with Gasteiger partial charge in [-0.2, -0.15) is 0 Å². The Morgan fingerprint density at radius 1 is 1.58 bits per heavy atom. The molecule has 1 fully saturated rings. The van der Waals surface area contributed by atoms with Crippen LogP contribution in [0.15, 0.2) is 11.2 Å². The number of imidazole rings is 1. The van der Waals surface area contributed by atoms with Crippen LogP contribution in [-0.4, -0.2) is 37.5 Å². The van der Waals surface area contributed by atoms with Crippen LogP contribution in [0.1, 0.15) is 32.5 Å². The number of rotatable bonds is 5. The second kappa shape index (κ2) is 6.02. The molecule has 0 aliphatic carbocycles. The van der Waals surface area contributed by atoms with Gasteiger partial charge in [0.1, 0.15) is 5.82 Å². The van der Waals surface area contributed by atoms with Crippen LogP contribution in [0.5, 0.6) is 0 Å². The third-order valence-corrected chi connectivity index (χ3v) is 5.08. The van der Waals surface area contributed by atoms with Crippen LogP contribution >= 0.6 is 0 Å². The number of hydrogen-bond acceptors (Lipinski definition) is 4. The smallest absolute Gasteiger partial charge is 0.257 e. The summed E-state index contributed by atoms with van der Waals surface area (Å²) in [6.07, 6.45) is 4.23. The van der Waals surface area contributed by atoms with Crippen molar-refractivity contribution in [3.05, 3.63) is 12.0 Å². The Kier molecular flexibility index (Phi) is 4.59. The Morgan fingerprint density at radius 2 is 2.37 bits per heavy atom. The van der Waals surface area contributed by atoms with Crippen molar-refractivity contribution >= 4 is 10.0 Å². The van der Waals surface area contributed by atoms with Crippen LogP contribution in [0.2, 0.25) is 0 Å². The van der Waals surface area contributed by atoms with Crippen LogP contribution in [0, 0.1) is 5.92 Å². The van der Waals surface area contributed by atoms with Crippen molar-refractivity contribution in [3.8, 4) is 0 Å². The first-order chi connectivity index (χ1) is 9.03. The lowest BCUT2D eigenvalue weighted by atomic mass is 9.94. The highest BCUT2D eigenvalue weighted by Gasteiger charge is 2.26. The maximum atomic E-state index is 12.2. The first-order valence-corrected chi connectivity index (χ1v) is 8.28. The third-order valence-electron chi connectivity index (χ3n) is 3.61. The number of hydrogen-bond donors (Lipinski definition) is 3. The van der Waals surface area contributed by atoms with Crippen molar-refractivity contribution in [2.24, 2.45) is 5.92 Å². The quantitative estimate of drug-likeness (QED) is 0.741. The lowest BCUT2D eigenvalue weighted by molar-refractivity contribution is 0.320. The Balaban J connectivity index is 2.03. The topological polar surface area (TPSA) is 86.9 Å². The molecule has 0 radical (unpaired) electrons. The molecule has 0 spiro atoms. The van der Waals surface area contributed by atoms with Gasteiger partial charge in [0, 0.05) is 12.5 Å². The normalized spacial score (nSPS) is 22.3. The number of aromatic amines is 1. The highest BCUT2D eigenvalue weighted by atomic mass is 32.2. The zero-order valence-electron chi connectivity index (χ0n) is 11.4. The van der Waals surface area contributed by atoms with E-state index >= 15 is 0 Å². The summed E-state index contributed by atoms with van der Waals surface area (Å²) in [6.45, 7) is 5.74. The summed E-state index contributed by atoms with van der Waals surface area (Å²) >= 11 is 0. The molecule has 2 rings (SSSR count). The van der Waals surface area contributed by atoms with E-state index in [-0.39, 0.29) is 11.1 Å². The van der Waals surface area contributed by atoms with Crippen LogP contribution < -0.4 is 10.0 Å². The summed E-state index contributed by atoms with van der Waals surface area (Å²) < 4.78 is 27.2. The van der Waals surface area contributed by atoms with Gasteiger partial charge < -0.3 is 10.3 Å². The van der Waals surface area contributed by atoms with E-state index < -0.39 is 10.0 Å². The molecule has 6 nitrogen and oxygen atoms in total.